The molecule has 4 nitrogen and oxygen atoms in total. The second-order valence-electron chi connectivity index (χ2n) is 3.29. The van der Waals surface area contributed by atoms with Crippen molar-refractivity contribution in [3.63, 3.8) is 0 Å². The summed E-state index contributed by atoms with van der Waals surface area (Å²) < 4.78 is 5.53. The molecule has 0 spiro atoms. The summed E-state index contributed by atoms with van der Waals surface area (Å²) in [4.78, 5) is 7.88. The number of benzene rings is 1. The van der Waals surface area contributed by atoms with Gasteiger partial charge in [-0.15, -0.1) is 0 Å². The Bertz CT molecular complexity index is 499. The van der Waals surface area contributed by atoms with Crippen LogP contribution in [0.15, 0.2) is 30.6 Å². The van der Waals surface area contributed by atoms with Gasteiger partial charge in [0.15, 0.2) is 0 Å². The SMILES string of the molecule is Cc1cc(Cl)ccc1Oc1cnc(N)cn1. The van der Waals surface area contributed by atoms with E-state index in [9.17, 15) is 0 Å². The number of aromatic nitrogens is 2. The largest absolute Gasteiger partial charge is 0.437 e. The zero-order valence-corrected chi connectivity index (χ0v) is 9.40. The van der Waals surface area contributed by atoms with Crippen LogP contribution in [-0.4, -0.2) is 9.97 Å². The van der Waals surface area contributed by atoms with Crippen LogP contribution in [-0.2, 0) is 0 Å². The zero-order chi connectivity index (χ0) is 11.5. The highest BCUT2D eigenvalue weighted by atomic mass is 35.5. The molecule has 0 aliphatic rings. The number of ether oxygens (including phenoxy) is 1. The highest BCUT2D eigenvalue weighted by Crippen LogP contribution is 2.25. The molecule has 2 aromatic rings. The third-order valence-corrected chi connectivity index (χ3v) is 2.23. The molecule has 2 N–H and O–H groups in total. The number of halogens is 1. The fourth-order valence-electron chi connectivity index (χ4n) is 1.22. The topological polar surface area (TPSA) is 61.0 Å². The minimum absolute atomic E-state index is 0.361. The van der Waals surface area contributed by atoms with Crippen LogP contribution in [0.25, 0.3) is 0 Å². The molecule has 0 saturated heterocycles. The van der Waals surface area contributed by atoms with E-state index in [1.807, 2.05) is 13.0 Å². The summed E-state index contributed by atoms with van der Waals surface area (Å²) in [5.74, 6) is 1.46. The highest BCUT2D eigenvalue weighted by Gasteiger charge is 2.03. The van der Waals surface area contributed by atoms with Crippen molar-refractivity contribution >= 4 is 17.4 Å². The molecule has 0 aliphatic heterocycles. The first kappa shape index (κ1) is 10.7. The maximum atomic E-state index is 5.84. The summed E-state index contributed by atoms with van der Waals surface area (Å²) in [5.41, 5.74) is 6.36. The standard InChI is InChI=1S/C11H10ClN3O/c1-7-4-8(12)2-3-9(7)16-11-6-14-10(13)5-15-11/h2-6H,1H3,(H2,13,14). The number of anilines is 1. The van der Waals surface area contributed by atoms with Crippen LogP contribution in [0.5, 0.6) is 11.6 Å². The first-order chi connectivity index (χ1) is 7.65. The fourth-order valence-corrected chi connectivity index (χ4v) is 1.45. The van der Waals surface area contributed by atoms with Gasteiger partial charge in [-0.25, -0.2) is 9.97 Å². The fraction of sp³-hybridized carbons (Fsp3) is 0.0909. The smallest absolute Gasteiger partial charge is 0.237 e. The van der Waals surface area contributed by atoms with Crippen LogP contribution in [0, 0.1) is 6.92 Å². The summed E-state index contributed by atoms with van der Waals surface area (Å²) in [5, 5.41) is 0.674. The van der Waals surface area contributed by atoms with Crippen molar-refractivity contribution in [2.24, 2.45) is 0 Å². The molecule has 82 valence electrons. The summed E-state index contributed by atoms with van der Waals surface area (Å²) in [6, 6.07) is 5.37. The summed E-state index contributed by atoms with van der Waals surface area (Å²) in [7, 11) is 0. The van der Waals surface area contributed by atoms with E-state index in [0.29, 0.717) is 22.5 Å². The maximum absolute atomic E-state index is 5.84. The first-order valence-electron chi connectivity index (χ1n) is 4.66. The van der Waals surface area contributed by atoms with Crippen LogP contribution in [0.2, 0.25) is 5.02 Å². The van der Waals surface area contributed by atoms with Crippen LogP contribution >= 0.6 is 11.6 Å². The molecular weight excluding hydrogens is 226 g/mol. The number of hydrogen-bond donors (Lipinski definition) is 1. The number of rotatable bonds is 2. The molecule has 1 heterocycles. The van der Waals surface area contributed by atoms with Gasteiger partial charge in [-0.3, -0.25) is 0 Å². The number of hydrogen-bond acceptors (Lipinski definition) is 4. The number of nitrogens with zero attached hydrogens (tertiary/aromatic N) is 2. The van der Waals surface area contributed by atoms with Crippen molar-refractivity contribution in [1.82, 2.24) is 9.97 Å². The van der Waals surface area contributed by atoms with Crippen molar-refractivity contribution in [2.45, 2.75) is 6.92 Å². The molecule has 0 atom stereocenters. The summed E-state index contributed by atoms with van der Waals surface area (Å²) in [6.45, 7) is 1.91. The average Bonchev–Trinajstić information content (AvgIpc) is 2.25. The molecule has 16 heavy (non-hydrogen) atoms. The van der Waals surface area contributed by atoms with Crippen molar-refractivity contribution in [3.8, 4) is 11.6 Å². The van der Waals surface area contributed by atoms with E-state index in [1.54, 1.807) is 12.1 Å². The predicted molar refractivity (Wildman–Crippen MR) is 62.7 cm³/mol. The lowest BCUT2D eigenvalue weighted by Crippen LogP contribution is -1.94. The average molecular weight is 236 g/mol. The molecular formula is C11H10ClN3O. The quantitative estimate of drug-likeness (QED) is 0.870. The van der Waals surface area contributed by atoms with Crippen molar-refractivity contribution in [1.29, 1.82) is 0 Å². The third-order valence-electron chi connectivity index (χ3n) is 2.00. The van der Waals surface area contributed by atoms with Crippen molar-refractivity contribution < 1.29 is 4.74 Å². The molecule has 2 rings (SSSR count). The van der Waals surface area contributed by atoms with Gasteiger partial charge < -0.3 is 10.5 Å². The minimum Gasteiger partial charge on any atom is -0.437 e. The highest BCUT2D eigenvalue weighted by molar-refractivity contribution is 6.30. The molecule has 5 heteroatoms. The number of nitrogen functional groups attached to an aromatic ring is 1. The van der Waals surface area contributed by atoms with Gasteiger partial charge in [-0.2, -0.15) is 0 Å². The molecule has 0 fully saturated rings. The third kappa shape index (κ3) is 2.41. The van der Waals surface area contributed by atoms with Crippen LogP contribution in [0.3, 0.4) is 0 Å². The van der Waals surface area contributed by atoms with Gasteiger partial charge in [-0.05, 0) is 30.7 Å². The monoisotopic (exact) mass is 235 g/mol. The van der Waals surface area contributed by atoms with E-state index in [-0.39, 0.29) is 0 Å². The molecule has 0 radical (unpaired) electrons. The minimum atomic E-state index is 0.361. The van der Waals surface area contributed by atoms with Gasteiger partial charge in [0, 0.05) is 5.02 Å². The lowest BCUT2D eigenvalue weighted by Gasteiger charge is -2.07. The molecule has 0 amide bonds. The van der Waals surface area contributed by atoms with E-state index in [1.165, 1.54) is 12.4 Å². The Morgan fingerprint density at radius 1 is 1.25 bits per heavy atom. The van der Waals surface area contributed by atoms with Gasteiger partial charge >= 0.3 is 0 Å². The lowest BCUT2D eigenvalue weighted by atomic mass is 10.2. The lowest BCUT2D eigenvalue weighted by molar-refractivity contribution is 0.457. The predicted octanol–water partition coefficient (Wildman–Crippen LogP) is 2.81. The summed E-state index contributed by atoms with van der Waals surface area (Å²) in [6.07, 6.45) is 2.92. The van der Waals surface area contributed by atoms with Crippen LogP contribution in [0.1, 0.15) is 5.56 Å². The summed E-state index contributed by atoms with van der Waals surface area (Å²) >= 11 is 5.84. The number of nitrogens with two attached hydrogens (primary N) is 1. The van der Waals surface area contributed by atoms with E-state index >= 15 is 0 Å². The Morgan fingerprint density at radius 3 is 2.69 bits per heavy atom. The zero-order valence-electron chi connectivity index (χ0n) is 8.64. The Hall–Kier alpha value is -1.81. The normalized spacial score (nSPS) is 10.1. The second kappa shape index (κ2) is 4.37. The first-order valence-corrected chi connectivity index (χ1v) is 5.04. The van der Waals surface area contributed by atoms with Gasteiger partial charge in [0.1, 0.15) is 11.6 Å². The molecule has 0 aliphatic carbocycles. The van der Waals surface area contributed by atoms with Gasteiger partial charge in [0.05, 0.1) is 12.4 Å². The van der Waals surface area contributed by atoms with Crippen molar-refractivity contribution in [2.75, 3.05) is 5.73 Å². The number of aryl methyl sites for hydroxylation is 1. The van der Waals surface area contributed by atoms with Crippen molar-refractivity contribution in [3.05, 3.63) is 41.2 Å². The van der Waals surface area contributed by atoms with Crippen LogP contribution in [0.4, 0.5) is 5.82 Å². The van der Waals surface area contributed by atoms with Crippen LogP contribution < -0.4 is 10.5 Å². The van der Waals surface area contributed by atoms with E-state index in [0.717, 1.165) is 5.56 Å². The Morgan fingerprint density at radius 2 is 2.06 bits per heavy atom. The molecule has 0 bridgehead atoms. The second-order valence-corrected chi connectivity index (χ2v) is 3.73. The van der Waals surface area contributed by atoms with E-state index in [2.05, 4.69) is 9.97 Å². The van der Waals surface area contributed by atoms with E-state index in [4.69, 9.17) is 22.1 Å². The van der Waals surface area contributed by atoms with Gasteiger partial charge in [0.25, 0.3) is 0 Å². The van der Waals surface area contributed by atoms with Gasteiger partial charge in [0.2, 0.25) is 5.88 Å². The van der Waals surface area contributed by atoms with E-state index < -0.39 is 0 Å². The maximum Gasteiger partial charge on any atom is 0.237 e. The molecule has 0 saturated carbocycles. The Balaban J connectivity index is 2.23. The Labute approximate surface area is 98.0 Å². The van der Waals surface area contributed by atoms with Gasteiger partial charge in [-0.1, -0.05) is 11.6 Å². The molecule has 1 aromatic heterocycles. The Kier molecular flexibility index (Phi) is 2.92. The molecule has 1 aromatic carbocycles. The molecule has 0 unspecified atom stereocenters.